The molecule has 0 bridgehead atoms. The molecule has 78 valence electrons. The first-order valence-electron chi connectivity index (χ1n) is 4.92. The van der Waals surface area contributed by atoms with E-state index in [4.69, 9.17) is 16.3 Å². The van der Waals surface area contributed by atoms with Crippen LogP contribution in [0.4, 0.5) is 0 Å². The van der Waals surface area contributed by atoms with E-state index in [1.165, 1.54) is 0 Å². The number of benzene rings is 1. The summed E-state index contributed by atoms with van der Waals surface area (Å²) in [6, 6.07) is 7.80. The molecule has 1 saturated heterocycles. The fourth-order valence-corrected chi connectivity index (χ4v) is 2.12. The van der Waals surface area contributed by atoms with Gasteiger partial charge in [0.15, 0.2) is 6.23 Å². The largest absolute Gasteiger partial charge is 0.355 e. The smallest absolute Gasteiger partial charge is 0.168 e. The standard InChI is InChI=1S/C10H10ClN3O/c11-7-5-6-15-10(7)14-9-4-2-1-3-8(9)12-13-14/h1-4,7,10H,5-6H2. The Bertz CT molecular complexity index is 484. The molecule has 2 atom stereocenters. The van der Waals surface area contributed by atoms with Gasteiger partial charge in [-0.25, -0.2) is 4.68 Å². The Labute approximate surface area is 91.8 Å². The second-order valence-corrected chi connectivity index (χ2v) is 4.15. The lowest BCUT2D eigenvalue weighted by atomic mass is 10.3. The van der Waals surface area contributed by atoms with Crippen LogP contribution in [-0.4, -0.2) is 27.0 Å². The molecule has 1 aromatic carbocycles. The fraction of sp³-hybridized carbons (Fsp3) is 0.400. The second kappa shape index (κ2) is 3.47. The molecular formula is C10H10ClN3O. The minimum absolute atomic E-state index is 0.0184. The molecule has 3 rings (SSSR count). The third-order valence-electron chi connectivity index (χ3n) is 2.61. The molecule has 0 amide bonds. The summed E-state index contributed by atoms with van der Waals surface area (Å²) in [4.78, 5) is 0. The van der Waals surface area contributed by atoms with Gasteiger partial charge in [-0.2, -0.15) is 0 Å². The molecule has 2 heterocycles. The fourth-order valence-electron chi connectivity index (χ4n) is 1.85. The lowest BCUT2D eigenvalue weighted by Gasteiger charge is -2.13. The number of hydrogen-bond donors (Lipinski definition) is 0. The summed E-state index contributed by atoms with van der Waals surface area (Å²) < 4.78 is 7.31. The van der Waals surface area contributed by atoms with E-state index < -0.39 is 0 Å². The van der Waals surface area contributed by atoms with E-state index >= 15 is 0 Å². The van der Waals surface area contributed by atoms with Crippen LogP contribution in [0.2, 0.25) is 0 Å². The molecule has 0 radical (unpaired) electrons. The van der Waals surface area contributed by atoms with Gasteiger partial charge >= 0.3 is 0 Å². The van der Waals surface area contributed by atoms with Gasteiger partial charge in [-0.3, -0.25) is 0 Å². The van der Waals surface area contributed by atoms with Crippen LogP contribution in [0.15, 0.2) is 24.3 Å². The highest BCUT2D eigenvalue weighted by molar-refractivity contribution is 6.21. The normalized spacial score (nSPS) is 26.2. The zero-order valence-corrected chi connectivity index (χ0v) is 8.76. The Balaban J connectivity index is 2.10. The summed E-state index contributed by atoms with van der Waals surface area (Å²) in [5, 5.41) is 8.14. The summed E-state index contributed by atoms with van der Waals surface area (Å²) in [6.45, 7) is 0.688. The number of hydrogen-bond acceptors (Lipinski definition) is 3. The van der Waals surface area contributed by atoms with Crippen LogP contribution in [0.25, 0.3) is 11.0 Å². The van der Waals surface area contributed by atoms with E-state index in [1.807, 2.05) is 24.3 Å². The minimum atomic E-state index is -0.181. The van der Waals surface area contributed by atoms with E-state index in [-0.39, 0.29) is 11.6 Å². The van der Waals surface area contributed by atoms with Crippen LogP contribution < -0.4 is 0 Å². The SMILES string of the molecule is ClC1CCOC1n1nnc2ccccc21. The number of halogens is 1. The number of ether oxygens (including phenoxy) is 1. The average Bonchev–Trinajstić information content (AvgIpc) is 2.83. The lowest BCUT2D eigenvalue weighted by molar-refractivity contribution is 0.0504. The van der Waals surface area contributed by atoms with Crippen LogP contribution in [0, 0.1) is 0 Å². The van der Waals surface area contributed by atoms with Gasteiger partial charge in [-0.15, -0.1) is 16.7 Å². The number of alkyl halides is 1. The highest BCUT2D eigenvalue weighted by Crippen LogP contribution is 2.29. The Hall–Kier alpha value is -1.13. The van der Waals surface area contributed by atoms with Crippen molar-refractivity contribution < 1.29 is 4.74 Å². The number of para-hydroxylation sites is 1. The predicted molar refractivity (Wildman–Crippen MR) is 56.8 cm³/mol. The van der Waals surface area contributed by atoms with E-state index in [0.29, 0.717) is 6.61 Å². The molecule has 1 aliphatic heterocycles. The van der Waals surface area contributed by atoms with Gasteiger partial charge in [-0.1, -0.05) is 17.3 Å². The van der Waals surface area contributed by atoms with Crippen molar-refractivity contribution in [1.82, 2.24) is 15.0 Å². The van der Waals surface area contributed by atoms with Gasteiger partial charge in [0.2, 0.25) is 0 Å². The molecule has 4 nitrogen and oxygen atoms in total. The summed E-state index contributed by atoms with van der Waals surface area (Å²) in [5.74, 6) is 0. The van der Waals surface area contributed by atoms with Crippen molar-refractivity contribution in [2.24, 2.45) is 0 Å². The van der Waals surface area contributed by atoms with Gasteiger partial charge in [-0.05, 0) is 18.6 Å². The Morgan fingerprint density at radius 3 is 3.07 bits per heavy atom. The van der Waals surface area contributed by atoms with Crippen molar-refractivity contribution in [1.29, 1.82) is 0 Å². The van der Waals surface area contributed by atoms with Crippen LogP contribution in [0.3, 0.4) is 0 Å². The summed E-state index contributed by atoms with van der Waals surface area (Å²) >= 11 is 6.16. The first-order valence-corrected chi connectivity index (χ1v) is 5.35. The average molecular weight is 224 g/mol. The Morgan fingerprint density at radius 1 is 1.40 bits per heavy atom. The maximum absolute atomic E-state index is 6.16. The first-order chi connectivity index (χ1) is 7.36. The van der Waals surface area contributed by atoms with Crippen LogP contribution >= 0.6 is 11.6 Å². The van der Waals surface area contributed by atoms with Gasteiger partial charge < -0.3 is 4.74 Å². The van der Waals surface area contributed by atoms with E-state index in [0.717, 1.165) is 17.5 Å². The van der Waals surface area contributed by atoms with Crippen molar-refractivity contribution in [3.8, 4) is 0 Å². The number of nitrogens with zero attached hydrogens (tertiary/aromatic N) is 3. The monoisotopic (exact) mass is 223 g/mol. The second-order valence-electron chi connectivity index (χ2n) is 3.59. The van der Waals surface area contributed by atoms with E-state index in [9.17, 15) is 0 Å². The Morgan fingerprint density at radius 2 is 2.27 bits per heavy atom. The van der Waals surface area contributed by atoms with Gasteiger partial charge in [0.25, 0.3) is 0 Å². The molecule has 2 aromatic rings. The molecular weight excluding hydrogens is 214 g/mol. The van der Waals surface area contributed by atoms with Crippen LogP contribution in [-0.2, 0) is 4.74 Å². The molecule has 2 unspecified atom stereocenters. The topological polar surface area (TPSA) is 39.9 Å². The van der Waals surface area contributed by atoms with Crippen molar-refractivity contribution in [3.05, 3.63) is 24.3 Å². The molecule has 0 spiro atoms. The maximum atomic E-state index is 6.16. The number of fused-ring (bicyclic) bond motifs is 1. The molecule has 0 N–H and O–H groups in total. The minimum Gasteiger partial charge on any atom is -0.355 e. The first kappa shape index (κ1) is 9.12. The van der Waals surface area contributed by atoms with E-state index in [2.05, 4.69) is 10.3 Å². The number of aromatic nitrogens is 3. The molecule has 1 aromatic heterocycles. The predicted octanol–water partition coefficient (Wildman–Crippen LogP) is 1.96. The summed E-state index contributed by atoms with van der Waals surface area (Å²) in [7, 11) is 0. The molecule has 1 aliphatic rings. The van der Waals surface area contributed by atoms with Crippen molar-refractivity contribution in [2.75, 3.05) is 6.61 Å². The van der Waals surface area contributed by atoms with E-state index in [1.54, 1.807) is 4.68 Å². The molecule has 0 aliphatic carbocycles. The van der Waals surface area contributed by atoms with Crippen molar-refractivity contribution in [2.45, 2.75) is 18.0 Å². The summed E-state index contributed by atoms with van der Waals surface area (Å²) in [6.07, 6.45) is 0.680. The highest BCUT2D eigenvalue weighted by atomic mass is 35.5. The maximum Gasteiger partial charge on any atom is 0.168 e. The van der Waals surface area contributed by atoms with Crippen molar-refractivity contribution >= 4 is 22.6 Å². The quantitative estimate of drug-likeness (QED) is 0.694. The number of rotatable bonds is 1. The zero-order chi connectivity index (χ0) is 10.3. The third-order valence-corrected chi connectivity index (χ3v) is 3.04. The third kappa shape index (κ3) is 1.41. The molecule has 5 heteroatoms. The highest BCUT2D eigenvalue weighted by Gasteiger charge is 2.29. The van der Waals surface area contributed by atoms with Gasteiger partial charge in [0.1, 0.15) is 5.52 Å². The molecule has 0 saturated carbocycles. The van der Waals surface area contributed by atoms with Crippen LogP contribution in [0.1, 0.15) is 12.6 Å². The Kier molecular flexibility index (Phi) is 2.11. The zero-order valence-electron chi connectivity index (χ0n) is 8.01. The lowest BCUT2D eigenvalue weighted by Crippen LogP contribution is -2.16. The van der Waals surface area contributed by atoms with Crippen LogP contribution in [0.5, 0.6) is 0 Å². The van der Waals surface area contributed by atoms with Crippen molar-refractivity contribution in [3.63, 3.8) is 0 Å². The molecule has 1 fully saturated rings. The van der Waals surface area contributed by atoms with Gasteiger partial charge in [0, 0.05) is 0 Å². The van der Waals surface area contributed by atoms with Gasteiger partial charge in [0.05, 0.1) is 17.5 Å². The summed E-state index contributed by atoms with van der Waals surface area (Å²) in [5.41, 5.74) is 1.84. The molecule has 15 heavy (non-hydrogen) atoms.